The van der Waals surface area contributed by atoms with Crippen LogP contribution in [0, 0.1) is 0 Å². The van der Waals surface area contributed by atoms with Gasteiger partial charge in [-0.25, -0.2) is 0 Å². The van der Waals surface area contributed by atoms with Crippen molar-refractivity contribution < 1.29 is 4.79 Å². The molecule has 4 nitrogen and oxygen atoms in total. The van der Waals surface area contributed by atoms with Crippen LogP contribution in [-0.2, 0) is 4.79 Å². The first-order chi connectivity index (χ1) is 9.70. The van der Waals surface area contributed by atoms with Gasteiger partial charge in [0.1, 0.15) is 0 Å². The van der Waals surface area contributed by atoms with Gasteiger partial charge < -0.3 is 10.6 Å². The van der Waals surface area contributed by atoms with Crippen LogP contribution >= 0.6 is 0 Å². The number of hydrogen-bond acceptors (Lipinski definition) is 3. The lowest BCUT2D eigenvalue weighted by atomic mass is 9.93. The number of para-hydroxylation sites is 1. The van der Waals surface area contributed by atoms with Crippen LogP contribution in [0.15, 0.2) is 36.4 Å². The Hall–Kier alpha value is -1.94. The molecule has 1 fully saturated rings. The molecule has 0 radical (unpaired) electrons. The second-order valence-electron chi connectivity index (χ2n) is 5.26. The summed E-state index contributed by atoms with van der Waals surface area (Å²) in [6.07, 6.45) is 1.27. The maximum Gasteiger partial charge on any atom is 0.223 e. The van der Waals surface area contributed by atoms with Crippen LogP contribution < -0.4 is 5.73 Å². The van der Waals surface area contributed by atoms with Crippen LogP contribution in [0.25, 0.3) is 10.9 Å². The molecule has 1 aromatic carbocycles. The van der Waals surface area contributed by atoms with E-state index in [4.69, 9.17) is 10.7 Å². The van der Waals surface area contributed by atoms with Gasteiger partial charge in [-0.2, -0.15) is 0 Å². The molecule has 20 heavy (non-hydrogen) atoms. The number of nitrogens with two attached hydrogens (primary N) is 1. The van der Waals surface area contributed by atoms with Gasteiger partial charge in [0.2, 0.25) is 5.91 Å². The number of nitrogens with zero attached hydrogens (tertiary/aromatic N) is 2. The van der Waals surface area contributed by atoms with Crippen LogP contribution in [0.1, 0.15) is 31.5 Å². The number of rotatable bonds is 2. The van der Waals surface area contributed by atoms with Gasteiger partial charge in [-0.3, -0.25) is 9.78 Å². The number of carbonyl (C=O) groups is 1. The van der Waals surface area contributed by atoms with Gasteiger partial charge in [-0.15, -0.1) is 0 Å². The third kappa shape index (κ3) is 2.16. The fraction of sp³-hybridized carbons (Fsp3) is 0.375. The van der Waals surface area contributed by atoms with Crippen molar-refractivity contribution in [2.75, 3.05) is 6.54 Å². The quantitative estimate of drug-likeness (QED) is 0.909. The third-order valence-electron chi connectivity index (χ3n) is 4.02. The van der Waals surface area contributed by atoms with E-state index >= 15 is 0 Å². The second-order valence-corrected chi connectivity index (χ2v) is 5.26. The SMILES string of the molecule is CCN1C(=O)CCC(N)C1c1ccc2ccccc2n1. The molecular weight excluding hydrogens is 250 g/mol. The summed E-state index contributed by atoms with van der Waals surface area (Å²) in [5.41, 5.74) is 8.09. The van der Waals surface area contributed by atoms with Crippen molar-refractivity contribution in [2.24, 2.45) is 5.73 Å². The van der Waals surface area contributed by atoms with E-state index in [9.17, 15) is 4.79 Å². The summed E-state index contributed by atoms with van der Waals surface area (Å²) in [7, 11) is 0. The van der Waals surface area contributed by atoms with E-state index in [2.05, 4.69) is 6.07 Å². The van der Waals surface area contributed by atoms with Crippen LogP contribution in [0.4, 0.5) is 0 Å². The van der Waals surface area contributed by atoms with Crippen LogP contribution in [0.3, 0.4) is 0 Å². The highest BCUT2D eigenvalue weighted by atomic mass is 16.2. The molecule has 0 spiro atoms. The molecule has 104 valence electrons. The van der Waals surface area contributed by atoms with Crippen molar-refractivity contribution in [3.8, 4) is 0 Å². The summed E-state index contributed by atoms with van der Waals surface area (Å²) in [6.45, 7) is 2.66. The van der Waals surface area contributed by atoms with Crippen LogP contribution in [0.2, 0.25) is 0 Å². The monoisotopic (exact) mass is 269 g/mol. The molecular formula is C16H19N3O. The molecule has 1 saturated heterocycles. The largest absolute Gasteiger partial charge is 0.333 e. The number of piperidine rings is 1. The topological polar surface area (TPSA) is 59.2 Å². The zero-order valence-corrected chi connectivity index (χ0v) is 11.6. The molecule has 2 heterocycles. The summed E-state index contributed by atoms with van der Waals surface area (Å²) >= 11 is 0. The molecule has 0 aliphatic carbocycles. The summed E-state index contributed by atoms with van der Waals surface area (Å²) in [5, 5.41) is 1.11. The van der Waals surface area contributed by atoms with Gasteiger partial charge in [0.25, 0.3) is 0 Å². The second kappa shape index (κ2) is 5.21. The van der Waals surface area contributed by atoms with Crippen molar-refractivity contribution in [3.63, 3.8) is 0 Å². The van der Waals surface area contributed by atoms with Crippen molar-refractivity contribution in [1.82, 2.24) is 9.88 Å². The smallest absolute Gasteiger partial charge is 0.223 e. The number of likely N-dealkylation sites (N-methyl/N-ethyl adjacent to an activating group) is 1. The van der Waals surface area contributed by atoms with Crippen molar-refractivity contribution >= 4 is 16.8 Å². The minimum absolute atomic E-state index is 0.0405. The normalized spacial score (nSPS) is 23.3. The first kappa shape index (κ1) is 13.1. The number of fused-ring (bicyclic) bond motifs is 1. The predicted molar refractivity (Wildman–Crippen MR) is 79.1 cm³/mol. The highest BCUT2D eigenvalue weighted by Gasteiger charge is 2.34. The standard InChI is InChI=1S/C16H19N3O/c1-2-19-15(20)10-8-12(17)16(19)14-9-7-11-5-3-4-6-13(11)18-14/h3-7,9,12,16H,2,8,10,17H2,1H3. The fourth-order valence-electron chi connectivity index (χ4n) is 2.98. The predicted octanol–water partition coefficient (Wildman–Crippen LogP) is 2.25. The van der Waals surface area contributed by atoms with Crippen LogP contribution in [0.5, 0.6) is 0 Å². The Morgan fingerprint density at radius 2 is 2.10 bits per heavy atom. The number of aromatic nitrogens is 1. The Balaban J connectivity index is 2.04. The number of benzene rings is 1. The summed E-state index contributed by atoms with van der Waals surface area (Å²) in [6, 6.07) is 11.9. The molecule has 1 aromatic heterocycles. The molecule has 2 aromatic rings. The van der Waals surface area contributed by atoms with Gasteiger partial charge in [-0.05, 0) is 25.5 Å². The average molecular weight is 269 g/mol. The Morgan fingerprint density at radius 1 is 1.30 bits per heavy atom. The van der Waals surface area contributed by atoms with E-state index < -0.39 is 0 Å². The molecule has 4 heteroatoms. The zero-order chi connectivity index (χ0) is 14.1. The average Bonchev–Trinajstić information content (AvgIpc) is 2.48. The molecule has 2 unspecified atom stereocenters. The minimum atomic E-state index is -0.106. The molecule has 3 rings (SSSR count). The van der Waals surface area contributed by atoms with Crippen LogP contribution in [-0.4, -0.2) is 28.4 Å². The molecule has 0 bridgehead atoms. The lowest BCUT2D eigenvalue weighted by Gasteiger charge is -2.38. The first-order valence-electron chi connectivity index (χ1n) is 7.11. The van der Waals surface area contributed by atoms with E-state index in [-0.39, 0.29) is 18.0 Å². The van der Waals surface area contributed by atoms with Crippen molar-refractivity contribution in [3.05, 3.63) is 42.1 Å². The van der Waals surface area contributed by atoms with Crippen molar-refractivity contribution in [2.45, 2.75) is 31.8 Å². The lowest BCUT2D eigenvalue weighted by Crippen LogP contribution is -2.48. The zero-order valence-electron chi connectivity index (χ0n) is 11.6. The molecule has 0 saturated carbocycles. The van der Waals surface area contributed by atoms with Crippen molar-refractivity contribution in [1.29, 1.82) is 0 Å². The third-order valence-corrected chi connectivity index (χ3v) is 4.02. The van der Waals surface area contributed by atoms with E-state index in [1.54, 1.807) is 0 Å². The highest BCUT2D eigenvalue weighted by molar-refractivity contribution is 5.80. The van der Waals surface area contributed by atoms with E-state index in [0.29, 0.717) is 13.0 Å². The highest BCUT2D eigenvalue weighted by Crippen LogP contribution is 2.30. The van der Waals surface area contributed by atoms with Gasteiger partial charge in [-0.1, -0.05) is 24.3 Å². The lowest BCUT2D eigenvalue weighted by molar-refractivity contribution is -0.137. The van der Waals surface area contributed by atoms with Gasteiger partial charge in [0.15, 0.2) is 0 Å². The summed E-state index contributed by atoms with van der Waals surface area (Å²) in [4.78, 5) is 18.6. The molecule has 1 amide bonds. The Morgan fingerprint density at radius 3 is 2.90 bits per heavy atom. The Labute approximate surface area is 118 Å². The number of pyridine rings is 1. The number of likely N-dealkylation sites (tertiary alicyclic amines) is 1. The van der Waals surface area contributed by atoms with E-state index in [1.807, 2.05) is 42.2 Å². The number of carbonyl (C=O) groups excluding carboxylic acids is 1. The van der Waals surface area contributed by atoms with Gasteiger partial charge in [0.05, 0.1) is 17.3 Å². The maximum absolute atomic E-state index is 12.1. The molecule has 2 atom stereocenters. The first-order valence-corrected chi connectivity index (χ1v) is 7.11. The van der Waals surface area contributed by atoms with Gasteiger partial charge in [0, 0.05) is 24.4 Å². The number of hydrogen-bond donors (Lipinski definition) is 1. The molecule has 1 aliphatic heterocycles. The van der Waals surface area contributed by atoms with E-state index in [0.717, 1.165) is 23.0 Å². The Kier molecular flexibility index (Phi) is 3.40. The molecule has 2 N–H and O–H groups in total. The molecule has 1 aliphatic rings. The summed E-state index contributed by atoms with van der Waals surface area (Å²) in [5.74, 6) is 0.175. The maximum atomic E-state index is 12.1. The van der Waals surface area contributed by atoms with E-state index in [1.165, 1.54) is 0 Å². The fourth-order valence-corrected chi connectivity index (χ4v) is 2.98. The number of amides is 1. The minimum Gasteiger partial charge on any atom is -0.333 e. The summed E-state index contributed by atoms with van der Waals surface area (Å²) < 4.78 is 0. The Bertz CT molecular complexity index is 640. The van der Waals surface area contributed by atoms with Gasteiger partial charge >= 0.3 is 0 Å².